The summed E-state index contributed by atoms with van der Waals surface area (Å²) in [6, 6.07) is 15.5. The smallest absolute Gasteiger partial charge is 0.310 e. The Balaban J connectivity index is 1.23. The fourth-order valence-corrected chi connectivity index (χ4v) is 5.98. The van der Waals surface area contributed by atoms with Crippen molar-refractivity contribution in [1.29, 1.82) is 0 Å². The summed E-state index contributed by atoms with van der Waals surface area (Å²) in [6.07, 6.45) is 8.98. The number of piperidine rings is 1. The van der Waals surface area contributed by atoms with Crippen LogP contribution in [-0.2, 0) is 11.2 Å². The maximum Gasteiger partial charge on any atom is 0.310 e. The Bertz CT molecular complexity index is 966. The highest BCUT2D eigenvalue weighted by molar-refractivity contribution is 5.76. The molecule has 2 heterocycles. The topological polar surface area (TPSA) is 74.7 Å². The number of aromatic nitrogens is 1. The van der Waals surface area contributed by atoms with E-state index in [-0.39, 0.29) is 5.41 Å². The number of aliphatic carboxylic acids is 1. The van der Waals surface area contributed by atoms with Gasteiger partial charge in [-0.25, -0.2) is 4.98 Å². The van der Waals surface area contributed by atoms with Crippen molar-refractivity contribution in [2.24, 2.45) is 10.8 Å². The second-order valence-electron chi connectivity index (χ2n) is 10.8. The van der Waals surface area contributed by atoms with Crippen molar-refractivity contribution in [3.05, 3.63) is 59.8 Å². The standard InChI is InChI=1S/C28H37N3O3/c1-34-25-9-8-21(18-29-25)17-27(19-30-24-16-23(24)22-6-3-2-4-7-22)12-14-31(15-13-27)20-28(26(32)33)10-5-11-28/h2-4,6-9,18,23-24,30H,5,10-17,19-20H2,1H3,(H,32,33)/t23-,24+/m0/s1. The average Bonchev–Trinajstić information content (AvgIpc) is 3.62. The van der Waals surface area contributed by atoms with Gasteiger partial charge in [-0.1, -0.05) is 42.8 Å². The number of carboxylic acid groups (broad SMARTS) is 1. The number of likely N-dealkylation sites (tertiary alicyclic amines) is 1. The number of pyridine rings is 1. The predicted molar refractivity (Wildman–Crippen MR) is 132 cm³/mol. The van der Waals surface area contributed by atoms with Crippen LogP contribution in [0.5, 0.6) is 5.88 Å². The number of carboxylic acids is 1. The third-order valence-corrected chi connectivity index (χ3v) is 8.55. The third kappa shape index (κ3) is 4.98. The van der Waals surface area contributed by atoms with Gasteiger partial charge < -0.3 is 20.1 Å². The van der Waals surface area contributed by atoms with Crippen LogP contribution in [0.15, 0.2) is 48.7 Å². The number of carbonyl (C=O) groups is 1. The average molecular weight is 464 g/mol. The molecule has 2 aliphatic carbocycles. The van der Waals surface area contributed by atoms with Crippen LogP contribution in [0.1, 0.15) is 55.6 Å². The Hall–Kier alpha value is -2.44. The van der Waals surface area contributed by atoms with E-state index in [1.807, 2.05) is 12.3 Å². The predicted octanol–water partition coefficient (Wildman–Crippen LogP) is 4.12. The van der Waals surface area contributed by atoms with Crippen molar-refractivity contribution in [1.82, 2.24) is 15.2 Å². The zero-order valence-corrected chi connectivity index (χ0v) is 20.2. The maximum atomic E-state index is 11.9. The SMILES string of the molecule is COc1ccc(CC2(CN[C@@H]3C[C@H]3c3ccccc3)CCN(CC3(C(=O)O)CCC3)CC2)cn1. The Kier molecular flexibility index (Phi) is 6.63. The van der Waals surface area contributed by atoms with Gasteiger partial charge in [0.05, 0.1) is 12.5 Å². The Labute approximate surface area is 202 Å². The molecule has 1 saturated heterocycles. The molecule has 2 N–H and O–H groups in total. The van der Waals surface area contributed by atoms with Crippen molar-refractivity contribution in [3.63, 3.8) is 0 Å². The number of hydrogen-bond donors (Lipinski definition) is 2. The molecule has 34 heavy (non-hydrogen) atoms. The molecular weight excluding hydrogens is 426 g/mol. The number of nitrogens with one attached hydrogen (secondary N) is 1. The normalized spacial score (nSPS) is 25.3. The lowest BCUT2D eigenvalue weighted by molar-refractivity contribution is -0.156. The molecule has 0 radical (unpaired) electrons. The molecule has 2 atom stereocenters. The molecule has 0 bridgehead atoms. The van der Waals surface area contributed by atoms with Gasteiger partial charge in [-0.15, -0.1) is 0 Å². The molecule has 3 fully saturated rings. The summed E-state index contributed by atoms with van der Waals surface area (Å²) in [6.45, 7) is 3.62. The molecule has 6 nitrogen and oxygen atoms in total. The van der Waals surface area contributed by atoms with Crippen LogP contribution in [0, 0.1) is 10.8 Å². The van der Waals surface area contributed by atoms with E-state index in [2.05, 4.69) is 51.6 Å². The van der Waals surface area contributed by atoms with E-state index in [1.54, 1.807) is 7.11 Å². The molecule has 1 aliphatic heterocycles. The first-order valence-electron chi connectivity index (χ1n) is 12.7. The highest BCUT2D eigenvalue weighted by Crippen LogP contribution is 2.45. The van der Waals surface area contributed by atoms with Gasteiger partial charge in [0, 0.05) is 37.3 Å². The van der Waals surface area contributed by atoms with Gasteiger partial charge in [0.25, 0.3) is 0 Å². The molecule has 1 aromatic carbocycles. The quantitative estimate of drug-likeness (QED) is 0.552. The second kappa shape index (κ2) is 9.67. The summed E-state index contributed by atoms with van der Waals surface area (Å²) in [4.78, 5) is 18.7. The molecule has 2 aromatic rings. The van der Waals surface area contributed by atoms with E-state index in [4.69, 9.17) is 4.74 Å². The summed E-state index contributed by atoms with van der Waals surface area (Å²) in [5.74, 6) is 0.658. The van der Waals surface area contributed by atoms with Crippen molar-refractivity contribution in [3.8, 4) is 5.88 Å². The number of hydrogen-bond acceptors (Lipinski definition) is 5. The van der Waals surface area contributed by atoms with Gasteiger partial charge in [-0.3, -0.25) is 4.79 Å². The van der Waals surface area contributed by atoms with Crippen LogP contribution in [0.4, 0.5) is 0 Å². The van der Waals surface area contributed by atoms with Gasteiger partial charge in [-0.2, -0.15) is 0 Å². The van der Waals surface area contributed by atoms with E-state index >= 15 is 0 Å². The Morgan fingerprint density at radius 1 is 1.15 bits per heavy atom. The summed E-state index contributed by atoms with van der Waals surface area (Å²) < 4.78 is 5.24. The van der Waals surface area contributed by atoms with Gasteiger partial charge in [-0.05, 0) is 68.2 Å². The Morgan fingerprint density at radius 3 is 2.50 bits per heavy atom. The zero-order chi connectivity index (χ0) is 23.6. The minimum absolute atomic E-state index is 0.159. The second-order valence-corrected chi connectivity index (χ2v) is 10.8. The first-order valence-corrected chi connectivity index (χ1v) is 12.7. The first-order chi connectivity index (χ1) is 16.5. The van der Waals surface area contributed by atoms with Crippen molar-refractivity contribution in [2.45, 2.75) is 56.9 Å². The van der Waals surface area contributed by atoms with Crippen molar-refractivity contribution < 1.29 is 14.6 Å². The monoisotopic (exact) mass is 463 g/mol. The van der Waals surface area contributed by atoms with E-state index < -0.39 is 11.4 Å². The summed E-state index contributed by atoms with van der Waals surface area (Å²) >= 11 is 0. The molecule has 6 heteroatoms. The van der Waals surface area contributed by atoms with Gasteiger partial charge in [0.15, 0.2) is 0 Å². The molecule has 0 unspecified atom stereocenters. The summed E-state index contributed by atoms with van der Waals surface area (Å²) in [5.41, 5.74) is 2.33. The van der Waals surface area contributed by atoms with Crippen LogP contribution < -0.4 is 10.1 Å². The highest BCUT2D eigenvalue weighted by Gasteiger charge is 2.47. The highest BCUT2D eigenvalue weighted by atomic mass is 16.5. The van der Waals surface area contributed by atoms with Crippen LogP contribution in [0.2, 0.25) is 0 Å². The van der Waals surface area contributed by atoms with E-state index in [1.165, 1.54) is 17.5 Å². The summed E-state index contributed by atoms with van der Waals surface area (Å²) in [7, 11) is 1.65. The van der Waals surface area contributed by atoms with Crippen molar-refractivity contribution in [2.75, 3.05) is 33.3 Å². The minimum Gasteiger partial charge on any atom is -0.481 e. The van der Waals surface area contributed by atoms with Crippen LogP contribution in [0.25, 0.3) is 0 Å². The molecule has 182 valence electrons. The van der Waals surface area contributed by atoms with E-state index in [0.717, 1.165) is 58.2 Å². The third-order valence-electron chi connectivity index (χ3n) is 8.55. The number of rotatable bonds is 10. The number of methoxy groups -OCH3 is 1. The number of nitrogens with zero attached hydrogens (tertiary/aromatic N) is 2. The minimum atomic E-state index is -0.609. The van der Waals surface area contributed by atoms with Crippen molar-refractivity contribution >= 4 is 5.97 Å². The zero-order valence-electron chi connectivity index (χ0n) is 20.2. The van der Waals surface area contributed by atoms with E-state index in [9.17, 15) is 9.90 Å². The lowest BCUT2D eigenvalue weighted by atomic mass is 9.67. The fraction of sp³-hybridized carbons (Fsp3) is 0.571. The molecular formula is C28H37N3O3. The summed E-state index contributed by atoms with van der Waals surface area (Å²) in [5, 5.41) is 13.7. The number of benzene rings is 1. The molecule has 0 spiro atoms. The Morgan fingerprint density at radius 2 is 1.91 bits per heavy atom. The van der Waals surface area contributed by atoms with E-state index in [0.29, 0.717) is 24.4 Å². The lowest BCUT2D eigenvalue weighted by Crippen LogP contribution is -2.52. The first kappa shape index (κ1) is 23.3. The molecule has 1 aromatic heterocycles. The van der Waals surface area contributed by atoms with Gasteiger partial charge in [0.1, 0.15) is 0 Å². The lowest BCUT2D eigenvalue weighted by Gasteiger charge is -2.47. The number of ether oxygens (including phenoxy) is 1. The molecule has 2 saturated carbocycles. The fourth-order valence-electron chi connectivity index (χ4n) is 5.98. The van der Waals surface area contributed by atoms with Crippen LogP contribution >= 0.6 is 0 Å². The van der Waals surface area contributed by atoms with Gasteiger partial charge >= 0.3 is 5.97 Å². The molecule has 3 aliphatic rings. The van der Waals surface area contributed by atoms with Crippen LogP contribution in [0.3, 0.4) is 0 Å². The largest absolute Gasteiger partial charge is 0.481 e. The van der Waals surface area contributed by atoms with Gasteiger partial charge in [0.2, 0.25) is 5.88 Å². The van der Waals surface area contributed by atoms with Crippen LogP contribution in [-0.4, -0.2) is 60.3 Å². The molecule has 5 rings (SSSR count). The molecule has 0 amide bonds. The maximum absolute atomic E-state index is 11.9.